The van der Waals surface area contributed by atoms with Crippen LogP contribution in [0.15, 0.2) is 67.3 Å². The molecule has 1 saturated heterocycles. The second-order valence-corrected chi connectivity index (χ2v) is 7.64. The van der Waals surface area contributed by atoms with Crippen LogP contribution in [0.3, 0.4) is 0 Å². The largest absolute Gasteiger partial charge is 0.335 e. The predicted molar refractivity (Wildman–Crippen MR) is 122 cm³/mol. The molecule has 1 aliphatic rings. The Bertz CT molecular complexity index is 1270. The molecule has 5 rings (SSSR count). The number of amides is 2. The lowest BCUT2D eigenvalue weighted by Gasteiger charge is -2.34. The molecule has 2 aromatic carbocycles. The highest BCUT2D eigenvalue weighted by Crippen LogP contribution is 2.18. The minimum Gasteiger partial charge on any atom is -0.335 e. The summed E-state index contributed by atoms with van der Waals surface area (Å²) in [6.07, 6.45) is 8.64. The first-order valence-corrected chi connectivity index (χ1v) is 10.5. The average molecular weight is 426 g/mol. The molecule has 0 aliphatic carbocycles. The Hall–Kier alpha value is -4.20. The zero-order valence-corrected chi connectivity index (χ0v) is 17.4. The van der Waals surface area contributed by atoms with Crippen molar-refractivity contribution in [2.45, 2.75) is 0 Å². The lowest BCUT2D eigenvalue weighted by Crippen LogP contribution is -2.51. The molecule has 4 aromatic rings. The Morgan fingerprint density at radius 3 is 2.41 bits per heavy atom. The molecule has 0 spiro atoms. The van der Waals surface area contributed by atoms with E-state index in [0.717, 1.165) is 22.2 Å². The Morgan fingerprint density at radius 2 is 1.66 bits per heavy atom. The number of carbonyl (C=O) groups excluding carboxylic acids is 2. The molecule has 0 saturated carbocycles. The van der Waals surface area contributed by atoms with E-state index in [1.165, 1.54) is 10.9 Å². The van der Waals surface area contributed by atoms with E-state index in [0.29, 0.717) is 31.7 Å². The smallest absolute Gasteiger partial charge is 0.329 e. The normalized spacial score (nSPS) is 14.4. The van der Waals surface area contributed by atoms with E-state index in [1.54, 1.807) is 22.2 Å². The standard InChI is InChI=1S/C24H22N6O2/c31-23(28-13-15-29(16-14-28)24(32)30-12-11-25-17-30)19-8-5-18(6-9-19)7-10-22-20-3-1-2-4-21(20)26-27-22/h1-12,17H,13-16H2,(H,26,27)/b10-7+. The van der Waals surface area contributed by atoms with Gasteiger partial charge in [0.15, 0.2) is 0 Å². The lowest BCUT2D eigenvalue weighted by molar-refractivity contribution is 0.0666. The van der Waals surface area contributed by atoms with Crippen LogP contribution in [-0.4, -0.2) is 67.7 Å². The summed E-state index contributed by atoms with van der Waals surface area (Å²) >= 11 is 0. The van der Waals surface area contributed by atoms with E-state index in [-0.39, 0.29) is 11.9 Å². The monoisotopic (exact) mass is 426 g/mol. The number of benzene rings is 2. The van der Waals surface area contributed by atoms with Gasteiger partial charge in [-0.15, -0.1) is 0 Å². The molecule has 32 heavy (non-hydrogen) atoms. The maximum Gasteiger partial charge on any atom is 0.329 e. The van der Waals surface area contributed by atoms with Crippen molar-refractivity contribution in [1.82, 2.24) is 29.5 Å². The highest BCUT2D eigenvalue weighted by Gasteiger charge is 2.25. The number of rotatable bonds is 3. The van der Waals surface area contributed by atoms with Crippen molar-refractivity contribution in [1.29, 1.82) is 0 Å². The fraction of sp³-hybridized carbons (Fsp3) is 0.167. The summed E-state index contributed by atoms with van der Waals surface area (Å²) in [5.41, 5.74) is 3.51. The molecule has 8 heteroatoms. The highest BCUT2D eigenvalue weighted by molar-refractivity contribution is 5.95. The van der Waals surface area contributed by atoms with Gasteiger partial charge in [-0.1, -0.05) is 36.4 Å². The van der Waals surface area contributed by atoms with Gasteiger partial charge in [-0.2, -0.15) is 5.10 Å². The van der Waals surface area contributed by atoms with Crippen molar-refractivity contribution in [3.8, 4) is 0 Å². The van der Waals surface area contributed by atoms with Crippen LogP contribution in [0.4, 0.5) is 4.79 Å². The van der Waals surface area contributed by atoms with Crippen molar-refractivity contribution in [2.24, 2.45) is 0 Å². The molecular formula is C24H22N6O2. The van der Waals surface area contributed by atoms with Crippen molar-refractivity contribution in [3.63, 3.8) is 0 Å². The molecule has 1 aliphatic heterocycles. The van der Waals surface area contributed by atoms with Gasteiger partial charge in [0.1, 0.15) is 6.33 Å². The quantitative estimate of drug-likeness (QED) is 0.544. The molecule has 8 nitrogen and oxygen atoms in total. The molecule has 3 heterocycles. The number of carbonyl (C=O) groups is 2. The highest BCUT2D eigenvalue weighted by atomic mass is 16.2. The Morgan fingerprint density at radius 1 is 0.906 bits per heavy atom. The second kappa shape index (κ2) is 8.50. The first-order valence-electron chi connectivity index (χ1n) is 10.5. The van der Waals surface area contributed by atoms with E-state index < -0.39 is 0 Å². The SMILES string of the molecule is O=C(c1ccc(/C=C/c2n[nH]c3ccccc23)cc1)N1CCN(C(=O)n2ccnc2)CC1. The zero-order valence-electron chi connectivity index (χ0n) is 17.4. The fourth-order valence-electron chi connectivity index (χ4n) is 3.84. The summed E-state index contributed by atoms with van der Waals surface area (Å²) < 4.78 is 1.45. The van der Waals surface area contributed by atoms with Crippen LogP contribution in [0, 0.1) is 0 Å². The third kappa shape index (κ3) is 3.90. The number of aromatic nitrogens is 4. The van der Waals surface area contributed by atoms with Gasteiger partial charge in [0, 0.05) is 49.5 Å². The zero-order chi connectivity index (χ0) is 21.9. The summed E-state index contributed by atoms with van der Waals surface area (Å²) in [6.45, 7) is 2.02. The average Bonchev–Trinajstić information content (AvgIpc) is 3.53. The molecular weight excluding hydrogens is 404 g/mol. The van der Waals surface area contributed by atoms with E-state index >= 15 is 0 Å². The summed E-state index contributed by atoms with van der Waals surface area (Å²) in [7, 11) is 0. The minimum absolute atomic E-state index is 0.0199. The molecule has 1 N–H and O–H groups in total. The van der Waals surface area contributed by atoms with Gasteiger partial charge < -0.3 is 9.80 Å². The number of hydrogen-bond donors (Lipinski definition) is 1. The molecule has 0 radical (unpaired) electrons. The van der Waals surface area contributed by atoms with E-state index in [2.05, 4.69) is 15.2 Å². The van der Waals surface area contributed by atoms with Crippen molar-refractivity contribution in [2.75, 3.05) is 26.2 Å². The van der Waals surface area contributed by atoms with E-state index in [9.17, 15) is 9.59 Å². The molecule has 160 valence electrons. The van der Waals surface area contributed by atoms with Crippen LogP contribution >= 0.6 is 0 Å². The van der Waals surface area contributed by atoms with Gasteiger partial charge in [0.2, 0.25) is 0 Å². The second-order valence-electron chi connectivity index (χ2n) is 7.64. The maximum atomic E-state index is 12.9. The molecule has 0 unspecified atom stereocenters. The molecule has 1 fully saturated rings. The summed E-state index contributed by atoms with van der Waals surface area (Å²) in [5.74, 6) is -0.0199. The number of piperazine rings is 1. The van der Waals surface area contributed by atoms with Crippen LogP contribution < -0.4 is 0 Å². The maximum absolute atomic E-state index is 12.9. The van der Waals surface area contributed by atoms with Crippen LogP contribution in [-0.2, 0) is 0 Å². The van der Waals surface area contributed by atoms with Gasteiger partial charge in [0.05, 0.1) is 11.2 Å². The third-order valence-electron chi connectivity index (χ3n) is 5.65. The molecule has 2 amide bonds. The van der Waals surface area contributed by atoms with Crippen LogP contribution in [0.2, 0.25) is 0 Å². The van der Waals surface area contributed by atoms with Gasteiger partial charge >= 0.3 is 6.03 Å². The first kappa shape index (κ1) is 19.7. The number of nitrogens with zero attached hydrogens (tertiary/aromatic N) is 5. The fourth-order valence-corrected chi connectivity index (χ4v) is 3.84. The first-order chi connectivity index (χ1) is 15.7. The van der Waals surface area contributed by atoms with Gasteiger partial charge in [-0.3, -0.25) is 14.5 Å². The van der Waals surface area contributed by atoms with Crippen molar-refractivity contribution < 1.29 is 9.59 Å². The van der Waals surface area contributed by atoms with Gasteiger partial charge in [-0.05, 0) is 29.8 Å². The molecule has 0 atom stereocenters. The van der Waals surface area contributed by atoms with Gasteiger partial charge in [-0.25, -0.2) is 9.78 Å². The molecule has 2 aromatic heterocycles. The van der Waals surface area contributed by atoms with E-state index in [1.807, 2.05) is 60.7 Å². The number of hydrogen-bond acceptors (Lipinski definition) is 4. The Labute approximate surface area is 184 Å². The number of imidazole rings is 1. The summed E-state index contributed by atoms with van der Waals surface area (Å²) in [5, 5.41) is 8.44. The third-order valence-corrected chi connectivity index (χ3v) is 5.65. The lowest BCUT2D eigenvalue weighted by atomic mass is 10.1. The Kier molecular flexibility index (Phi) is 5.25. The number of aromatic amines is 1. The molecule has 0 bridgehead atoms. The summed E-state index contributed by atoms with van der Waals surface area (Å²) in [6, 6.07) is 15.4. The summed E-state index contributed by atoms with van der Waals surface area (Å²) in [4.78, 5) is 32.7. The van der Waals surface area contributed by atoms with Crippen LogP contribution in [0.25, 0.3) is 23.1 Å². The topological polar surface area (TPSA) is 87.1 Å². The van der Waals surface area contributed by atoms with Gasteiger partial charge in [0.25, 0.3) is 5.91 Å². The minimum atomic E-state index is -0.115. The van der Waals surface area contributed by atoms with Crippen LogP contribution in [0.5, 0.6) is 0 Å². The number of para-hydroxylation sites is 1. The Balaban J connectivity index is 1.21. The van der Waals surface area contributed by atoms with Crippen molar-refractivity contribution in [3.05, 3.63) is 84.1 Å². The number of fused-ring (bicyclic) bond motifs is 1. The van der Waals surface area contributed by atoms with Crippen LogP contribution in [0.1, 0.15) is 21.6 Å². The number of nitrogens with one attached hydrogen (secondary N) is 1. The van der Waals surface area contributed by atoms with E-state index in [4.69, 9.17) is 0 Å². The van der Waals surface area contributed by atoms with Crippen molar-refractivity contribution >= 4 is 35.0 Å². The predicted octanol–water partition coefficient (Wildman–Crippen LogP) is 3.36. The number of H-pyrrole nitrogens is 1.